The van der Waals surface area contributed by atoms with E-state index >= 15 is 0 Å². The van der Waals surface area contributed by atoms with Gasteiger partial charge in [0.15, 0.2) is 0 Å². The number of carbonyl (C=O) groups excluding carboxylic acids is 3. The standard InChI is InChI=1S/C19H20FN3O3/c1-12(24)21-16-8-15(9-17(10-16)22-13(2)25)19(26)23(3)11-14-6-4-5-7-18(14)20/h4-10H,11H2,1-3H3,(H,21,24)(H,22,25). The van der Waals surface area contributed by atoms with Crippen LogP contribution in [0, 0.1) is 5.82 Å². The number of carbonyl (C=O) groups is 3. The highest BCUT2D eigenvalue weighted by Crippen LogP contribution is 2.21. The van der Waals surface area contributed by atoms with E-state index in [0.29, 0.717) is 16.9 Å². The van der Waals surface area contributed by atoms with Crippen LogP contribution in [0.2, 0.25) is 0 Å². The molecule has 0 spiro atoms. The quantitative estimate of drug-likeness (QED) is 0.863. The first kappa shape index (κ1) is 19.1. The number of nitrogens with zero attached hydrogens (tertiary/aromatic N) is 1. The first-order valence-corrected chi connectivity index (χ1v) is 7.95. The molecule has 0 aliphatic carbocycles. The molecular formula is C19H20FN3O3. The number of halogens is 1. The maximum atomic E-state index is 13.8. The lowest BCUT2D eigenvalue weighted by atomic mass is 10.1. The summed E-state index contributed by atoms with van der Waals surface area (Å²) in [6.07, 6.45) is 0. The molecule has 136 valence electrons. The van der Waals surface area contributed by atoms with Crippen LogP contribution in [0.15, 0.2) is 42.5 Å². The van der Waals surface area contributed by atoms with Crippen molar-refractivity contribution in [3.8, 4) is 0 Å². The van der Waals surface area contributed by atoms with Crippen LogP contribution in [-0.2, 0) is 16.1 Å². The molecule has 0 fully saturated rings. The molecule has 2 aromatic rings. The van der Waals surface area contributed by atoms with Crippen molar-refractivity contribution in [1.29, 1.82) is 0 Å². The van der Waals surface area contributed by atoms with Crippen LogP contribution in [0.4, 0.5) is 15.8 Å². The average molecular weight is 357 g/mol. The van der Waals surface area contributed by atoms with Gasteiger partial charge in [-0.2, -0.15) is 0 Å². The van der Waals surface area contributed by atoms with E-state index in [2.05, 4.69) is 10.6 Å². The Kier molecular flexibility index (Phi) is 6.06. The van der Waals surface area contributed by atoms with Gasteiger partial charge in [0.25, 0.3) is 5.91 Å². The van der Waals surface area contributed by atoms with Crippen LogP contribution in [0.5, 0.6) is 0 Å². The average Bonchev–Trinajstić information content (AvgIpc) is 2.54. The van der Waals surface area contributed by atoms with Crippen molar-refractivity contribution in [2.24, 2.45) is 0 Å². The summed E-state index contributed by atoms with van der Waals surface area (Å²) in [5.74, 6) is -1.36. The molecule has 0 heterocycles. The van der Waals surface area contributed by atoms with Gasteiger partial charge in [0, 0.05) is 49.9 Å². The first-order valence-electron chi connectivity index (χ1n) is 7.95. The fourth-order valence-electron chi connectivity index (χ4n) is 2.48. The lowest BCUT2D eigenvalue weighted by molar-refractivity contribution is -0.115. The van der Waals surface area contributed by atoms with E-state index in [0.717, 1.165) is 0 Å². The summed E-state index contributed by atoms with van der Waals surface area (Å²) in [4.78, 5) is 36.7. The number of benzene rings is 2. The Labute approximate surface area is 151 Å². The van der Waals surface area contributed by atoms with Crippen molar-refractivity contribution in [3.05, 3.63) is 59.4 Å². The van der Waals surface area contributed by atoms with Gasteiger partial charge in [-0.15, -0.1) is 0 Å². The molecule has 2 aromatic carbocycles. The largest absolute Gasteiger partial charge is 0.337 e. The summed E-state index contributed by atoms with van der Waals surface area (Å²) in [6, 6.07) is 10.8. The van der Waals surface area contributed by atoms with E-state index < -0.39 is 5.82 Å². The number of hydrogen-bond acceptors (Lipinski definition) is 3. The molecule has 0 aliphatic rings. The Hall–Kier alpha value is -3.22. The second-order valence-electron chi connectivity index (χ2n) is 5.91. The molecule has 0 unspecified atom stereocenters. The van der Waals surface area contributed by atoms with Crippen LogP contribution in [-0.4, -0.2) is 29.7 Å². The summed E-state index contributed by atoms with van der Waals surface area (Å²) in [6.45, 7) is 2.78. The van der Waals surface area contributed by atoms with Crippen molar-refractivity contribution >= 4 is 29.1 Å². The third-order valence-corrected chi connectivity index (χ3v) is 3.53. The number of anilines is 2. The molecule has 26 heavy (non-hydrogen) atoms. The SMILES string of the molecule is CC(=O)Nc1cc(NC(C)=O)cc(C(=O)N(C)Cc2ccccc2F)c1. The highest BCUT2D eigenvalue weighted by Gasteiger charge is 2.16. The maximum Gasteiger partial charge on any atom is 0.254 e. The predicted octanol–water partition coefficient (Wildman–Crippen LogP) is 3.01. The smallest absolute Gasteiger partial charge is 0.254 e. The minimum absolute atomic E-state index is 0.0886. The monoisotopic (exact) mass is 357 g/mol. The lowest BCUT2D eigenvalue weighted by Crippen LogP contribution is -2.27. The van der Waals surface area contributed by atoms with E-state index in [1.807, 2.05) is 0 Å². The number of amides is 3. The van der Waals surface area contributed by atoms with Crippen molar-refractivity contribution < 1.29 is 18.8 Å². The molecule has 2 rings (SSSR count). The Morgan fingerprint density at radius 3 is 2.00 bits per heavy atom. The molecule has 7 heteroatoms. The molecule has 0 saturated carbocycles. The van der Waals surface area contributed by atoms with Crippen LogP contribution >= 0.6 is 0 Å². The van der Waals surface area contributed by atoms with Crippen molar-refractivity contribution in [1.82, 2.24) is 4.90 Å². The van der Waals surface area contributed by atoms with E-state index in [9.17, 15) is 18.8 Å². The van der Waals surface area contributed by atoms with Gasteiger partial charge in [0.1, 0.15) is 5.82 Å². The molecule has 2 N–H and O–H groups in total. The molecule has 6 nitrogen and oxygen atoms in total. The molecule has 0 radical (unpaired) electrons. The van der Waals surface area contributed by atoms with E-state index in [4.69, 9.17) is 0 Å². The van der Waals surface area contributed by atoms with Gasteiger partial charge in [-0.05, 0) is 24.3 Å². The second-order valence-corrected chi connectivity index (χ2v) is 5.91. The molecule has 0 aliphatic heterocycles. The summed E-state index contributed by atoms with van der Waals surface area (Å²) in [5, 5.41) is 5.18. The zero-order chi connectivity index (χ0) is 19.3. The topological polar surface area (TPSA) is 78.5 Å². The van der Waals surface area contributed by atoms with E-state index in [-0.39, 0.29) is 29.8 Å². The number of nitrogens with one attached hydrogen (secondary N) is 2. The van der Waals surface area contributed by atoms with E-state index in [1.54, 1.807) is 31.3 Å². The van der Waals surface area contributed by atoms with Gasteiger partial charge in [0.2, 0.25) is 11.8 Å². The fraction of sp³-hybridized carbons (Fsp3) is 0.211. The third kappa shape index (κ3) is 5.14. The summed E-state index contributed by atoms with van der Waals surface area (Å²) in [7, 11) is 1.55. The zero-order valence-corrected chi connectivity index (χ0v) is 14.8. The Balaban J connectivity index is 2.29. The highest BCUT2D eigenvalue weighted by molar-refractivity contribution is 5.99. The zero-order valence-electron chi connectivity index (χ0n) is 14.8. The Morgan fingerprint density at radius 1 is 0.962 bits per heavy atom. The lowest BCUT2D eigenvalue weighted by Gasteiger charge is -2.19. The summed E-state index contributed by atoms with van der Waals surface area (Å²) < 4.78 is 13.8. The molecule has 0 aromatic heterocycles. The minimum Gasteiger partial charge on any atom is -0.337 e. The molecule has 0 saturated heterocycles. The van der Waals surface area contributed by atoms with Crippen LogP contribution in [0.1, 0.15) is 29.8 Å². The molecule has 3 amide bonds. The molecule has 0 atom stereocenters. The van der Waals surface area contributed by atoms with Gasteiger partial charge in [-0.3, -0.25) is 14.4 Å². The number of hydrogen-bond donors (Lipinski definition) is 2. The fourth-order valence-corrected chi connectivity index (χ4v) is 2.48. The normalized spacial score (nSPS) is 10.2. The van der Waals surface area contributed by atoms with Gasteiger partial charge in [0.05, 0.1) is 0 Å². The van der Waals surface area contributed by atoms with Gasteiger partial charge in [-0.25, -0.2) is 4.39 Å². The maximum absolute atomic E-state index is 13.8. The molecule has 0 bridgehead atoms. The second kappa shape index (κ2) is 8.24. The minimum atomic E-state index is -0.391. The Bertz CT molecular complexity index is 817. The van der Waals surface area contributed by atoms with Crippen molar-refractivity contribution in [2.45, 2.75) is 20.4 Å². The first-order chi connectivity index (χ1) is 12.3. The van der Waals surface area contributed by atoms with Crippen LogP contribution < -0.4 is 10.6 Å². The molecular weight excluding hydrogens is 337 g/mol. The number of rotatable bonds is 5. The summed E-state index contributed by atoms with van der Waals surface area (Å²) in [5.41, 5.74) is 1.42. The predicted molar refractivity (Wildman–Crippen MR) is 97.2 cm³/mol. The van der Waals surface area contributed by atoms with Gasteiger partial charge >= 0.3 is 0 Å². The third-order valence-electron chi connectivity index (χ3n) is 3.53. The highest BCUT2D eigenvalue weighted by atomic mass is 19.1. The van der Waals surface area contributed by atoms with Crippen molar-refractivity contribution in [2.75, 3.05) is 17.7 Å². The van der Waals surface area contributed by atoms with E-state index in [1.165, 1.54) is 36.9 Å². The van der Waals surface area contributed by atoms with Gasteiger partial charge < -0.3 is 15.5 Å². The van der Waals surface area contributed by atoms with Crippen molar-refractivity contribution in [3.63, 3.8) is 0 Å². The van der Waals surface area contributed by atoms with Crippen LogP contribution in [0.3, 0.4) is 0 Å². The Morgan fingerprint density at radius 2 is 1.50 bits per heavy atom. The van der Waals surface area contributed by atoms with Crippen LogP contribution in [0.25, 0.3) is 0 Å². The summed E-state index contributed by atoms with van der Waals surface area (Å²) >= 11 is 0. The van der Waals surface area contributed by atoms with Gasteiger partial charge in [-0.1, -0.05) is 18.2 Å².